The first-order valence-electron chi connectivity index (χ1n) is 8.85. The number of nitro groups is 1. The van der Waals surface area contributed by atoms with E-state index in [2.05, 4.69) is 10.6 Å². The minimum absolute atomic E-state index is 0.0777. The van der Waals surface area contributed by atoms with Gasteiger partial charge in [0.25, 0.3) is 11.6 Å². The van der Waals surface area contributed by atoms with Crippen molar-refractivity contribution in [3.8, 4) is 0 Å². The van der Waals surface area contributed by atoms with Crippen LogP contribution >= 0.6 is 23.8 Å². The Morgan fingerprint density at radius 3 is 2.43 bits per heavy atom. The Morgan fingerprint density at radius 2 is 1.79 bits per heavy atom. The van der Waals surface area contributed by atoms with Crippen molar-refractivity contribution in [1.29, 1.82) is 0 Å². The number of hydrogen-bond donors (Lipinski definition) is 2. The molecule has 0 saturated carbocycles. The maximum atomic E-state index is 12.5. The Hall–Kier alpha value is -2.71. The van der Waals surface area contributed by atoms with Crippen LogP contribution in [0.4, 0.5) is 17.1 Å². The molecular weight excluding hydrogens is 400 g/mol. The van der Waals surface area contributed by atoms with E-state index in [4.69, 9.17) is 23.8 Å². The minimum atomic E-state index is -0.514. The first-order chi connectivity index (χ1) is 13.4. The second kappa shape index (κ2) is 8.99. The molecule has 0 bridgehead atoms. The van der Waals surface area contributed by atoms with Gasteiger partial charge in [0.15, 0.2) is 5.11 Å². The minimum Gasteiger partial charge on any atom is -0.366 e. The van der Waals surface area contributed by atoms with Gasteiger partial charge in [0.2, 0.25) is 0 Å². The number of anilines is 2. The van der Waals surface area contributed by atoms with Crippen LogP contribution in [-0.4, -0.2) is 29.0 Å². The van der Waals surface area contributed by atoms with Gasteiger partial charge in [0.1, 0.15) is 5.69 Å². The Balaban J connectivity index is 1.72. The second-order valence-electron chi connectivity index (χ2n) is 6.42. The van der Waals surface area contributed by atoms with E-state index in [1.54, 1.807) is 36.4 Å². The van der Waals surface area contributed by atoms with Gasteiger partial charge in [-0.2, -0.15) is 0 Å². The van der Waals surface area contributed by atoms with Gasteiger partial charge in [0.05, 0.1) is 4.92 Å². The van der Waals surface area contributed by atoms with Crippen LogP contribution in [0.3, 0.4) is 0 Å². The molecule has 1 fully saturated rings. The van der Waals surface area contributed by atoms with E-state index in [0.29, 0.717) is 16.4 Å². The van der Waals surface area contributed by atoms with Crippen molar-refractivity contribution < 1.29 is 9.72 Å². The van der Waals surface area contributed by atoms with Crippen LogP contribution in [0.2, 0.25) is 5.02 Å². The van der Waals surface area contributed by atoms with E-state index in [-0.39, 0.29) is 16.4 Å². The summed E-state index contributed by atoms with van der Waals surface area (Å²) in [7, 11) is 0. The quantitative estimate of drug-likeness (QED) is 0.435. The fraction of sp³-hybridized carbons (Fsp3) is 0.263. The molecular formula is C19H19ClN4O3S. The fourth-order valence-electron chi connectivity index (χ4n) is 3.08. The van der Waals surface area contributed by atoms with E-state index in [0.717, 1.165) is 32.4 Å². The highest BCUT2D eigenvalue weighted by Crippen LogP contribution is 2.31. The van der Waals surface area contributed by atoms with E-state index in [9.17, 15) is 14.9 Å². The highest BCUT2D eigenvalue weighted by molar-refractivity contribution is 7.80. The van der Waals surface area contributed by atoms with Crippen molar-refractivity contribution in [2.75, 3.05) is 23.3 Å². The molecule has 1 aliphatic heterocycles. The number of nitro benzene ring substituents is 1. The largest absolute Gasteiger partial charge is 0.366 e. The molecule has 0 aliphatic carbocycles. The molecule has 0 radical (unpaired) electrons. The predicted octanol–water partition coefficient (Wildman–Crippen LogP) is 4.37. The number of halogens is 1. The zero-order chi connectivity index (χ0) is 20.1. The molecule has 146 valence electrons. The van der Waals surface area contributed by atoms with Crippen LogP contribution in [0.5, 0.6) is 0 Å². The summed E-state index contributed by atoms with van der Waals surface area (Å²) in [5, 5.41) is 17.6. The highest BCUT2D eigenvalue weighted by atomic mass is 35.5. The van der Waals surface area contributed by atoms with Crippen molar-refractivity contribution >= 4 is 51.9 Å². The Labute approximate surface area is 172 Å². The van der Waals surface area contributed by atoms with Gasteiger partial charge >= 0.3 is 0 Å². The summed E-state index contributed by atoms with van der Waals surface area (Å²) >= 11 is 11.0. The number of carbonyl (C=O) groups is 1. The molecule has 1 saturated heterocycles. The monoisotopic (exact) mass is 418 g/mol. The summed E-state index contributed by atoms with van der Waals surface area (Å²) in [6.07, 6.45) is 3.14. The summed E-state index contributed by atoms with van der Waals surface area (Å²) in [5.74, 6) is -0.514. The molecule has 2 aromatic rings. The smallest absolute Gasteiger partial charge is 0.293 e. The number of piperidine rings is 1. The van der Waals surface area contributed by atoms with E-state index in [1.807, 2.05) is 4.90 Å². The van der Waals surface area contributed by atoms with Gasteiger partial charge in [-0.05, 0) is 67.9 Å². The van der Waals surface area contributed by atoms with Crippen molar-refractivity contribution in [1.82, 2.24) is 5.32 Å². The Bertz CT molecular complexity index is 899. The van der Waals surface area contributed by atoms with Crippen molar-refractivity contribution in [3.05, 3.63) is 63.2 Å². The van der Waals surface area contributed by atoms with Gasteiger partial charge in [-0.25, -0.2) is 0 Å². The van der Waals surface area contributed by atoms with Gasteiger partial charge in [0, 0.05) is 35.4 Å². The van der Waals surface area contributed by atoms with Crippen LogP contribution < -0.4 is 15.5 Å². The number of amides is 1. The molecule has 0 unspecified atom stereocenters. The van der Waals surface area contributed by atoms with Gasteiger partial charge < -0.3 is 10.2 Å². The Morgan fingerprint density at radius 1 is 1.11 bits per heavy atom. The molecule has 7 nitrogen and oxygen atoms in total. The number of hydrogen-bond acceptors (Lipinski definition) is 5. The molecule has 2 N–H and O–H groups in total. The lowest BCUT2D eigenvalue weighted by Crippen LogP contribution is -2.34. The number of thiocarbonyl (C=S) groups is 1. The lowest BCUT2D eigenvalue weighted by molar-refractivity contribution is -0.384. The summed E-state index contributed by atoms with van der Waals surface area (Å²) < 4.78 is 0. The summed E-state index contributed by atoms with van der Waals surface area (Å²) in [5.41, 5.74) is 1.31. The zero-order valence-electron chi connectivity index (χ0n) is 15.0. The third-order valence-electron chi connectivity index (χ3n) is 4.46. The van der Waals surface area contributed by atoms with E-state index < -0.39 is 10.8 Å². The number of carbonyl (C=O) groups excluding carboxylic acids is 1. The van der Waals surface area contributed by atoms with Gasteiger partial charge in [-0.1, -0.05) is 11.6 Å². The lowest BCUT2D eigenvalue weighted by atomic mass is 10.1. The van der Waals surface area contributed by atoms with Crippen LogP contribution in [0, 0.1) is 10.1 Å². The molecule has 28 heavy (non-hydrogen) atoms. The summed E-state index contributed by atoms with van der Waals surface area (Å²) in [6.45, 7) is 1.56. The van der Waals surface area contributed by atoms with Crippen LogP contribution in [0.25, 0.3) is 0 Å². The summed E-state index contributed by atoms with van der Waals surface area (Å²) in [4.78, 5) is 25.5. The maximum Gasteiger partial charge on any atom is 0.293 e. The molecule has 3 rings (SSSR count). The molecule has 0 atom stereocenters. The van der Waals surface area contributed by atoms with Crippen LogP contribution in [0.15, 0.2) is 42.5 Å². The first kappa shape index (κ1) is 20.0. The van der Waals surface area contributed by atoms with Gasteiger partial charge in [-0.15, -0.1) is 0 Å². The summed E-state index contributed by atoms with van der Waals surface area (Å²) in [6, 6.07) is 11.3. The average molecular weight is 419 g/mol. The van der Waals surface area contributed by atoms with Crippen LogP contribution in [-0.2, 0) is 0 Å². The van der Waals surface area contributed by atoms with Crippen molar-refractivity contribution in [2.45, 2.75) is 19.3 Å². The Kier molecular flexibility index (Phi) is 6.43. The average Bonchev–Trinajstić information content (AvgIpc) is 2.69. The van der Waals surface area contributed by atoms with Crippen LogP contribution in [0.1, 0.15) is 29.6 Å². The SMILES string of the molecule is O=C(NC(=S)Nc1ccc(Cl)cc1)c1ccc(N2CCCCC2)c([N+](=O)[O-])c1. The van der Waals surface area contributed by atoms with E-state index in [1.165, 1.54) is 6.07 Å². The highest BCUT2D eigenvalue weighted by Gasteiger charge is 2.23. The number of benzene rings is 2. The third-order valence-corrected chi connectivity index (χ3v) is 4.92. The molecule has 1 amide bonds. The maximum absolute atomic E-state index is 12.5. The third kappa shape index (κ3) is 4.96. The van der Waals surface area contributed by atoms with Crippen molar-refractivity contribution in [3.63, 3.8) is 0 Å². The molecule has 9 heteroatoms. The topological polar surface area (TPSA) is 87.5 Å². The molecule has 2 aromatic carbocycles. The number of nitrogens with zero attached hydrogens (tertiary/aromatic N) is 2. The molecule has 0 aromatic heterocycles. The zero-order valence-corrected chi connectivity index (χ0v) is 16.6. The molecule has 1 heterocycles. The standard InChI is InChI=1S/C19H19ClN4O3S/c20-14-5-7-15(8-6-14)21-19(28)22-18(25)13-4-9-16(17(12-13)24(26)27)23-10-2-1-3-11-23/h4-9,12H,1-3,10-11H2,(H2,21,22,25,28). The van der Waals surface area contributed by atoms with Gasteiger partial charge in [-0.3, -0.25) is 20.2 Å². The fourth-order valence-corrected chi connectivity index (χ4v) is 3.42. The second-order valence-corrected chi connectivity index (χ2v) is 7.27. The number of rotatable bonds is 4. The molecule has 0 spiro atoms. The normalized spacial score (nSPS) is 13.7. The van der Waals surface area contributed by atoms with Crippen molar-refractivity contribution in [2.24, 2.45) is 0 Å². The predicted molar refractivity (Wildman–Crippen MR) is 114 cm³/mol. The van der Waals surface area contributed by atoms with E-state index >= 15 is 0 Å². The lowest BCUT2D eigenvalue weighted by Gasteiger charge is -2.28. The molecule has 1 aliphatic rings. The first-order valence-corrected chi connectivity index (χ1v) is 9.64. The number of nitrogens with one attached hydrogen (secondary N) is 2.